The second-order valence-corrected chi connectivity index (χ2v) is 10.8. The summed E-state index contributed by atoms with van der Waals surface area (Å²) in [7, 11) is 5.53. The number of hydrogen-bond acceptors (Lipinski definition) is 9. The number of benzene rings is 1. The summed E-state index contributed by atoms with van der Waals surface area (Å²) in [5.74, 6) is -1.09. The fraction of sp³-hybridized carbons (Fsp3) is 0.607. The van der Waals surface area contributed by atoms with Gasteiger partial charge in [0.05, 0.1) is 19.1 Å². The fourth-order valence-corrected chi connectivity index (χ4v) is 3.69. The van der Waals surface area contributed by atoms with Gasteiger partial charge in [0.1, 0.15) is 6.61 Å². The molecule has 0 radical (unpaired) electrons. The van der Waals surface area contributed by atoms with E-state index in [0.29, 0.717) is 31.6 Å². The zero-order valence-corrected chi connectivity index (χ0v) is 25.9. The number of primary amides is 1. The van der Waals surface area contributed by atoms with Crippen LogP contribution in [0.25, 0.3) is 0 Å². The topological polar surface area (TPSA) is 213 Å². The Hall–Kier alpha value is -3.95. The van der Waals surface area contributed by atoms with Crippen molar-refractivity contribution in [3.05, 3.63) is 29.8 Å². The molecule has 6 amide bonds. The van der Waals surface area contributed by atoms with E-state index in [1.165, 1.54) is 4.90 Å². The van der Waals surface area contributed by atoms with E-state index in [-0.39, 0.29) is 50.0 Å². The summed E-state index contributed by atoms with van der Waals surface area (Å²) in [4.78, 5) is 63.6. The van der Waals surface area contributed by atoms with Crippen LogP contribution in [0, 0.1) is 5.92 Å². The molecule has 0 aliphatic heterocycles. The minimum Gasteiger partial charge on any atom is -0.445 e. The SMILES string of the molecule is CC(C)[C@@H](CN[C@@H](CCCNC(N)=O)C(=O)Nc1ccc(COC(=O)N(C)CCN(C)C)cc1)NC(=O)CNC(=O)CN. The minimum absolute atomic E-state index is 0.0244. The highest BCUT2D eigenvalue weighted by molar-refractivity contribution is 5.94. The summed E-state index contributed by atoms with van der Waals surface area (Å²) < 4.78 is 5.36. The van der Waals surface area contributed by atoms with Gasteiger partial charge in [-0.05, 0) is 50.6 Å². The quantitative estimate of drug-likeness (QED) is 0.0997. The van der Waals surface area contributed by atoms with Crippen molar-refractivity contribution >= 4 is 35.5 Å². The number of amides is 6. The molecule has 0 spiro atoms. The number of rotatable bonds is 19. The zero-order valence-electron chi connectivity index (χ0n) is 25.9. The number of hydrogen-bond donors (Lipinski definition) is 7. The Morgan fingerprint density at radius 3 is 2.21 bits per heavy atom. The van der Waals surface area contributed by atoms with Crippen LogP contribution in [0.15, 0.2) is 24.3 Å². The summed E-state index contributed by atoms with van der Waals surface area (Å²) >= 11 is 0. The van der Waals surface area contributed by atoms with Crippen molar-refractivity contribution in [3.63, 3.8) is 0 Å². The normalized spacial score (nSPS) is 12.3. The van der Waals surface area contributed by atoms with Crippen molar-refractivity contribution in [2.24, 2.45) is 17.4 Å². The first-order valence-electron chi connectivity index (χ1n) is 14.3. The van der Waals surface area contributed by atoms with E-state index in [1.54, 1.807) is 31.3 Å². The molecule has 0 bridgehead atoms. The summed E-state index contributed by atoms with van der Waals surface area (Å²) in [5.41, 5.74) is 11.7. The second-order valence-electron chi connectivity index (χ2n) is 10.8. The molecule has 0 aromatic heterocycles. The predicted molar refractivity (Wildman–Crippen MR) is 164 cm³/mol. The molecular formula is C28H49N9O6. The lowest BCUT2D eigenvalue weighted by atomic mass is 10.0. The first-order chi connectivity index (χ1) is 20.3. The van der Waals surface area contributed by atoms with Gasteiger partial charge in [-0.25, -0.2) is 9.59 Å². The van der Waals surface area contributed by atoms with Crippen LogP contribution in [-0.2, 0) is 25.7 Å². The van der Waals surface area contributed by atoms with Gasteiger partial charge in [-0.3, -0.25) is 14.4 Å². The van der Waals surface area contributed by atoms with Crippen LogP contribution < -0.4 is 38.1 Å². The van der Waals surface area contributed by atoms with Crippen LogP contribution >= 0.6 is 0 Å². The molecule has 1 aromatic carbocycles. The highest BCUT2D eigenvalue weighted by Crippen LogP contribution is 2.13. The van der Waals surface area contributed by atoms with Gasteiger partial charge in [0.15, 0.2) is 0 Å². The Morgan fingerprint density at radius 2 is 1.63 bits per heavy atom. The lowest BCUT2D eigenvalue weighted by Crippen LogP contribution is -2.52. The summed E-state index contributed by atoms with van der Waals surface area (Å²) in [6.07, 6.45) is 0.438. The van der Waals surface area contributed by atoms with Gasteiger partial charge < -0.3 is 52.6 Å². The third-order valence-corrected chi connectivity index (χ3v) is 6.43. The highest BCUT2D eigenvalue weighted by atomic mass is 16.6. The number of carbonyl (C=O) groups is 5. The van der Waals surface area contributed by atoms with E-state index < -0.39 is 24.1 Å². The molecule has 2 atom stereocenters. The first kappa shape index (κ1) is 37.1. The van der Waals surface area contributed by atoms with E-state index in [2.05, 4.69) is 26.6 Å². The standard InChI is InChI=1S/C28H49N9O6/c1-19(2)23(35-25(39)17-33-24(38)15-29)16-32-22(7-6-12-31-27(30)41)26(40)34-21-10-8-20(9-11-21)18-43-28(42)37(5)14-13-36(3)4/h8-11,19,22-23,32H,6-7,12-18,29H2,1-5H3,(H,33,38)(H,34,40)(H,35,39)(H3,30,31,41)/t22-,23+/m0/s1. The van der Waals surface area contributed by atoms with Crippen molar-refractivity contribution in [2.45, 2.75) is 45.4 Å². The number of nitrogens with zero attached hydrogens (tertiary/aromatic N) is 2. The molecule has 0 fully saturated rings. The summed E-state index contributed by atoms with van der Waals surface area (Å²) in [6, 6.07) is 5.33. The van der Waals surface area contributed by atoms with Gasteiger partial charge in [0.2, 0.25) is 17.7 Å². The maximum absolute atomic E-state index is 13.2. The average Bonchev–Trinajstić information content (AvgIpc) is 2.96. The highest BCUT2D eigenvalue weighted by Gasteiger charge is 2.22. The zero-order chi connectivity index (χ0) is 32.4. The lowest BCUT2D eigenvalue weighted by molar-refractivity contribution is -0.125. The van der Waals surface area contributed by atoms with E-state index in [4.69, 9.17) is 16.2 Å². The van der Waals surface area contributed by atoms with Crippen molar-refractivity contribution in [1.29, 1.82) is 0 Å². The van der Waals surface area contributed by atoms with E-state index in [0.717, 1.165) is 12.1 Å². The Morgan fingerprint density at radius 1 is 0.953 bits per heavy atom. The second kappa shape index (κ2) is 20.0. The molecule has 0 saturated carbocycles. The third-order valence-electron chi connectivity index (χ3n) is 6.43. The Balaban J connectivity index is 2.77. The van der Waals surface area contributed by atoms with E-state index >= 15 is 0 Å². The molecule has 1 aromatic rings. The Kier molecular flexibility index (Phi) is 17.3. The fourth-order valence-electron chi connectivity index (χ4n) is 3.69. The molecule has 0 heterocycles. The third kappa shape index (κ3) is 16.3. The average molecular weight is 608 g/mol. The number of urea groups is 1. The van der Waals surface area contributed by atoms with Gasteiger partial charge in [-0.15, -0.1) is 0 Å². The summed E-state index contributed by atoms with van der Waals surface area (Å²) in [5, 5.41) is 13.9. The van der Waals surface area contributed by atoms with Crippen molar-refractivity contribution in [1.82, 2.24) is 31.1 Å². The first-order valence-corrected chi connectivity index (χ1v) is 14.3. The number of carbonyl (C=O) groups excluding carboxylic acids is 5. The van der Waals surface area contributed by atoms with Crippen LogP contribution in [0.5, 0.6) is 0 Å². The maximum atomic E-state index is 13.2. The van der Waals surface area contributed by atoms with Gasteiger partial charge in [-0.2, -0.15) is 0 Å². The molecular weight excluding hydrogens is 558 g/mol. The molecule has 0 aliphatic carbocycles. The molecule has 0 unspecified atom stereocenters. The maximum Gasteiger partial charge on any atom is 0.409 e. The lowest BCUT2D eigenvalue weighted by Gasteiger charge is -2.26. The largest absolute Gasteiger partial charge is 0.445 e. The molecule has 1 rings (SSSR count). The predicted octanol–water partition coefficient (Wildman–Crippen LogP) is -0.622. The number of nitrogens with two attached hydrogens (primary N) is 2. The molecule has 0 saturated heterocycles. The minimum atomic E-state index is -0.650. The Labute approximate surface area is 253 Å². The van der Waals surface area contributed by atoms with Crippen LogP contribution in [0.4, 0.5) is 15.3 Å². The smallest absolute Gasteiger partial charge is 0.409 e. The van der Waals surface area contributed by atoms with Gasteiger partial charge in [-0.1, -0.05) is 26.0 Å². The molecule has 242 valence electrons. The van der Waals surface area contributed by atoms with E-state index in [9.17, 15) is 24.0 Å². The monoisotopic (exact) mass is 607 g/mol. The molecule has 0 aliphatic rings. The number of nitrogens with one attached hydrogen (secondary N) is 5. The molecule has 9 N–H and O–H groups in total. The van der Waals surface area contributed by atoms with Crippen molar-refractivity contribution < 1.29 is 28.7 Å². The van der Waals surface area contributed by atoms with E-state index in [1.807, 2.05) is 32.8 Å². The van der Waals surface area contributed by atoms with Crippen molar-refractivity contribution in [3.8, 4) is 0 Å². The number of anilines is 1. The summed E-state index contributed by atoms with van der Waals surface area (Å²) in [6.45, 7) is 5.37. The number of likely N-dealkylation sites (N-methyl/N-ethyl adjacent to an activating group) is 2. The van der Waals surface area contributed by atoms with Gasteiger partial charge in [0, 0.05) is 45.0 Å². The molecule has 15 heteroatoms. The Bertz CT molecular complexity index is 1040. The molecule has 15 nitrogen and oxygen atoms in total. The van der Waals surface area contributed by atoms with Crippen molar-refractivity contribution in [2.75, 3.05) is 65.7 Å². The molecule has 43 heavy (non-hydrogen) atoms. The van der Waals surface area contributed by atoms with Crippen LogP contribution in [0.2, 0.25) is 0 Å². The van der Waals surface area contributed by atoms with Crippen LogP contribution in [0.3, 0.4) is 0 Å². The van der Waals surface area contributed by atoms with Gasteiger partial charge in [0.25, 0.3) is 0 Å². The van der Waals surface area contributed by atoms with Crippen LogP contribution in [0.1, 0.15) is 32.3 Å². The van der Waals surface area contributed by atoms with Gasteiger partial charge >= 0.3 is 12.1 Å². The number of ether oxygens (including phenoxy) is 1. The van der Waals surface area contributed by atoms with Crippen LogP contribution in [-0.4, -0.2) is 112 Å².